The molecule has 0 radical (unpaired) electrons. The number of nitrogens with two attached hydrogens (primary N) is 1. The van der Waals surface area contributed by atoms with E-state index in [0.29, 0.717) is 15.3 Å². The van der Waals surface area contributed by atoms with Gasteiger partial charge >= 0.3 is 0 Å². The summed E-state index contributed by atoms with van der Waals surface area (Å²) in [7, 11) is 0. The minimum Gasteiger partial charge on any atom is -0.394 e. The molecule has 0 aliphatic heterocycles. The molecule has 2 amide bonds. The van der Waals surface area contributed by atoms with Crippen LogP contribution < -0.4 is 16.4 Å². The number of benzene rings is 3. The number of nitrogen functional groups attached to an aromatic ring is 1. The molecule has 9 heteroatoms. The van der Waals surface area contributed by atoms with E-state index in [0.717, 1.165) is 16.6 Å². The number of amides is 2. The Bertz CT molecular complexity index is 1530. The molecule has 5 rings (SSSR count). The van der Waals surface area contributed by atoms with Crippen LogP contribution in [0.5, 0.6) is 0 Å². The number of fused-ring (bicyclic) bond motifs is 1. The molecule has 0 bridgehead atoms. The van der Waals surface area contributed by atoms with Gasteiger partial charge in [0.1, 0.15) is 0 Å². The van der Waals surface area contributed by atoms with Crippen molar-refractivity contribution in [2.24, 2.45) is 0 Å². The van der Waals surface area contributed by atoms with Crippen molar-refractivity contribution in [1.82, 2.24) is 15.1 Å². The van der Waals surface area contributed by atoms with Gasteiger partial charge < -0.3 is 16.4 Å². The molecule has 5 aromatic rings. The van der Waals surface area contributed by atoms with E-state index in [1.165, 1.54) is 11.3 Å². The fraction of sp³-hybridized carbons (Fsp3) is 0.0741. The van der Waals surface area contributed by atoms with Gasteiger partial charge in [-0.1, -0.05) is 60.7 Å². The van der Waals surface area contributed by atoms with Crippen LogP contribution >= 0.6 is 11.3 Å². The number of hydrogen-bond acceptors (Lipinski definition) is 5. The highest BCUT2D eigenvalue weighted by Gasteiger charge is 2.21. The van der Waals surface area contributed by atoms with E-state index in [1.807, 2.05) is 60.7 Å². The van der Waals surface area contributed by atoms with E-state index >= 15 is 0 Å². The number of hydrogen-bond donors (Lipinski definition) is 3. The van der Waals surface area contributed by atoms with Crippen LogP contribution in [-0.2, 0) is 11.3 Å². The first-order valence-corrected chi connectivity index (χ1v) is 12.0. The normalized spacial score (nSPS) is 11.8. The van der Waals surface area contributed by atoms with Crippen LogP contribution in [0.15, 0.2) is 91.1 Å². The Kier molecular flexibility index (Phi) is 6.46. The molecule has 36 heavy (non-hydrogen) atoms. The molecule has 0 spiro atoms. The largest absolute Gasteiger partial charge is 0.394 e. The zero-order valence-electron chi connectivity index (χ0n) is 19.0. The van der Waals surface area contributed by atoms with Gasteiger partial charge in [-0.2, -0.15) is 0 Å². The van der Waals surface area contributed by atoms with Crippen molar-refractivity contribution in [2.75, 3.05) is 11.1 Å². The Hall–Kier alpha value is -4.50. The van der Waals surface area contributed by atoms with Crippen LogP contribution in [0.25, 0.3) is 15.8 Å². The molecule has 1 atom stereocenters. The Morgan fingerprint density at radius 1 is 1.00 bits per heavy atom. The second kappa shape index (κ2) is 10.0. The lowest BCUT2D eigenvalue weighted by Crippen LogP contribution is -2.26. The molecule has 1 unspecified atom stereocenters. The maximum Gasteiger partial charge on any atom is 0.267 e. The number of para-hydroxylation sites is 1. The second-order valence-electron chi connectivity index (χ2n) is 8.14. The van der Waals surface area contributed by atoms with Gasteiger partial charge in [0, 0.05) is 11.2 Å². The summed E-state index contributed by atoms with van der Waals surface area (Å²) in [5, 5.41) is 10.5. The van der Waals surface area contributed by atoms with Gasteiger partial charge in [0.25, 0.3) is 11.8 Å². The second-order valence-corrected chi connectivity index (χ2v) is 9.22. The van der Waals surface area contributed by atoms with Crippen molar-refractivity contribution in [3.8, 4) is 5.69 Å². The van der Waals surface area contributed by atoms with Crippen molar-refractivity contribution in [1.29, 1.82) is 0 Å². The number of aromatic nitrogens is 2. The highest BCUT2D eigenvalue weighted by molar-refractivity contribution is 7.20. The van der Waals surface area contributed by atoms with Crippen LogP contribution in [0.1, 0.15) is 27.0 Å². The SMILES string of the molecule is Nc1cn(-c2ccccc2)nc1NC(=O)c1cc2ccc(C(F)C(=O)NCc3ccccc3)cc2s1. The summed E-state index contributed by atoms with van der Waals surface area (Å²) in [6.07, 6.45) is -0.189. The summed E-state index contributed by atoms with van der Waals surface area (Å²) in [5.41, 5.74) is 8.31. The molecule has 4 N–H and O–H groups in total. The summed E-state index contributed by atoms with van der Waals surface area (Å²) < 4.78 is 17.2. The summed E-state index contributed by atoms with van der Waals surface area (Å²) in [5.74, 6) is -0.835. The summed E-state index contributed by atoms with van der Waals surface area (Å²) >= 11 is 1.20. The first-order chi connectivity index (χ1) is 17.5. The molecule has 3 aromatic carbocycles. The third-order valence-corrected chi connectivity index (χ3v) is 6.69. The smallest absolute Gasteiger partial charge is 0.267 e. The maximum absolute atomic E-state index is 14.9. The number of anilines is 2. The molecule has 7 nitrogen and oxygen atoms in total. The third kappa shape index (κ3) is 4.96. The van der Waals surface area contributed by atoms with Crippen LogP contribution in [0.2, 0.25) is 0 Å². The topological polar surface area (TPSA) is 102 Å². The van der Waals surface area contributed by atoms with E-state index in [2.05, 4.69) is 15.7 Å². The lowest BCUT2D eigenvalue weighted by atomic mass is 10.1. The molecule has 0 saturated carbocycles. The van der Waals surface area contributed by atoms with Crippen LogP contribution in [0.4, 0.5) is 15.9 Å². The summed E-state index contributed by atoms with van der Waals surface area (Å²) in [6.45, 7) is 0.245. The average Bonchev–Trinajstić information content (AvgIpc) is 3.51. The number of carbonyl (C=O) groups is 2. The molecule has 2 aromatic heterocycles. The van der Waals surface area contributed by atoms with Crippen molar-refractivity contribution >= 4 is 44.7 Å². The highest BCUT2D eigenvalue weighted by Crippen LogP contribution is 2.31. The third-order valence-electron chi connectivity index (χ3n) is 5.60. The number of carbonyl (C=O) groups excluding carboxylic acids is 2. The average molecular weight is 500 g/mol. The van der Waals surface area contributed by atoms with Crippen LogP contribution in [0.3, 0.4) is 0 Å². The number of rotatable bonds is 7. The summed E-state index contributed by atoms with van der Waals surface area (Å²) in [4.78, 5) is 25.6. The summed E-state index contributed by atoms with van der Waals surface area (Å²) in [6, 6.07) is 25.3. The fourth-order valence-electron chi connectivity index (χ4n) is 3.71. The quantitative estimate of drug-likeness (QED) is 0.285. The predicted molar refractivity (Wildman–Crippen MR) is 140 cm³/mol. The van der Waals surface area contributed by atoms with E-state index in [4.69, 9.17) is 5.73 Å². The number of alkyl halides is 1. The Morgan fingerprint density at radius 3 is 2.47 bits per heavy atom. The molecule has 2 heterocycles. The Labute approximate surface area is 210 Å². The van der Waals surface area contributed by atoms with Crippen LogP contribution in [0, 0.1) is 0 Å². The van der Waals surface area contributed by atoms with E-state index in [1.54, 1.807) is 35.1 Å². The lowest BCUT2D eigenvalue weighted by molar-refractivity contribution is -0.126. The zero-order chi connectivity index (χ0) is 25.1. The Morgan fingerprint density at radius 2 is 1.72 bits per heavy atom. The monoisotopic (exact) mass is 499 g/mol. The van der Waals surface area contributed by atoms with Gasteiger partial charge in [-0.15, -0.1) is 16.4 Å². The molecule has 0 fully saturated rings. The molecular formula is C27H22FN5O2S. The van der Waals surface area contributed by atoms with Crippen molar-refractivity contribution in [2.45, 2.75) is 12.7 Å². The first-order valence-electron chi connectivity index (χ1n) is 11.2. The molecular weight excluding hydrogens is 477 g/mol. The predicted octanol–water partition coefficient (Wildman–Crippen LogP) is 5.25. The van der Waals surface area contributed by atoms with Gasteiger partial charge in [0.2, 0.25) is 6.17 Å². The van der Waals surface area contributed by atoms with Gasteiger partial charge in [-0.25, -0.2) is 9.07 Å². The van der Waals surface area contributed by atoms with Crippen molar-refractivity contribution in [3.63, 3.8) is 0 Å². The van der Waals surface area contributed by atoms with Gasteiger partial charge in [0.05, 0.1) is 22.4 Å². The molecule has 180 valence electrons. The fourth-order valence-corrected chi connectivity index (χ4v) is 4.72. The van der Waals surface area contributed by atoms with Gasteiger partial charge in [-0.3, -0.25) is 9.59 Å². The highest BCUT2D eigenvalue weighted by atomic mass is 32.1. The maximum atomic E-state index is 14.9. The van der Waals surface area contributed by atoms with E-state index < -0.39 is 12.1 Å². The minimum absolute atomic E-state index is 0.229. The first kappa shape index (κ1) is 23.3. The Balaban J connectivity index is 1.28. The van der Waals surface area contributed by atoms with E-state index in [9.17, 15) is 14.0 Å². The molecule has 0 aliphatic rings. The molecule has 0 saturated heterocycles. The van der Waals surface area contributed by atoms with Crippen molar-refractivity contribution < 1.29 is 14.0 Å². The minimum atomic E-state index is -1.82. The van der Waals surface area contributed by atoms with Crippen molar-refractivity contribution in [3.05, 3.63) is 107 Å². The van der Waals surface area contributed by atoms with Crippen LogP contribution in [-0.4, -0.2) is 21.6 Å². The number of nitrogens with zero attached hydrogens (tertiary/aromatic N) is 2. The number of thiophene rings is 1. The van der Waals surface area contributed by atoms with Gasteiger partial charge in [0.15, 0.2) is 5.82 Å². The standard InChI is InChI=1S/C27H22FN5O2S/c28-24(27(35)30-15-17-7-3-1-4-8-17)19-12-11-18-13-23(36-22(18)14-19)26(34)31-25-21(29)16-33(32-25)20-9-5-2-6-10-20/h1-14,16,24H,15,29H2,(H,30,35)(H,31,32,34). The number of halogens is 1. The van der Waals surface area contributed by atoms with Gasteiger partial charge in [-0.05, 0) is 40.8 Å². The number of nitrogens with one attached hydrogen (secondary N) is 2. The zero-order valence-corrected chi connectivity index (χ0v) is 19.8. The molecule has 0 aliphatic carbocycles. The lowest BCUT2D eigenvalue weighted by Gasteiger charge is -2.10. The van der Waals surface area contributed by atoms with E-state index in [-0.39, 0.29) is 23.8 Å².